The summed E-state index contributed by atoms with van der Waals surface area (Å²) in [7, 11) is -2.46. The average Bonchev–Trinajstić information content (AvgIpc) is 0.685. The molecule has 0 aliphatic rings. The van der Waals surface area contributed by atoms with Gasteiger partial charge in [0.1, 0.15) is 82.0 Å². The molecule has 0 bridgehead atoms. The Morgan fingerprint density at radius 2 is 0.549 bits per heavy atom. The molecule has 0 aliphatic heterocycles. The van der Waals surface area contributed by atoms with Crippen molar-refractivity contribution < 1.29 is 107 Å². The molecule has 0 N–H and O–H groups in total. The van der Waals surface area contributed by atoms with Gasteiger partial charge in [0.2, 0.25) is 0 Å². The van der Waals surface area contributed by atoms with Gasteiger partial charge in [-0.1, -0.05) is 137 Å². The number of benzene rings is 8. The quantitative estimate of drug-likeness (QED) is 0.00648. The lowest BCUT2D eigenvalue weighted by molar-refractivity contribution is -0.147. The number of carbonyl (C=O) groups excluding carboxylic acids is 2. The van der Waals surface area contributed by atoms with E-state index in [0.717, 1.165) is 56.9 Å². The van der Waals surface area contributed by atoms with Gasteiger partial charge in [-0.3, -0.25) is 0 Å². The van der Waals surface area contributed by atoms with E-state index >= 15 is 35.1 Å². The minimum atomic E-state index is -7.22. The van der Waals surface area contributed by atoms with Gasteiger partial charge in [-0.2, -0.15) is 0 Å². The highest BCUT2D eigenvalue weighted by Gasteiger charge is 2.53. The molecule has 0 aliphatic carbocycles. The minimum absolute atomic E-state index is 0.00403. The minimum Gasteiger partial charge on any atom is -0.462 e. The lowest BCUT2D eigenvalue weighted by Gasteiger charge is -2.44. The maximum atomic E-state index is 15.4. The molecule has 0 atom stereocenters. The zero-order valence-electron chi connectivity index (χ0n) is 47.5. The first-order valence-electron chi connectivity index (χ1n) is 27.7. The lowest BCUT2D eigenvalue weighted by Crippen LogP contribution is -2.81. The maximum Gasteiger partial charge on any atom is 0.346 e. The molecule has 0 saturated carbocycles. The zero-order chi connectivity index (χ0) is 66.8. The van der Waals surface area contributed by atoms with Crippen molar-refractivity contribution in [1.82, 2.24) is 0 Å². The fourth-order valence-electron chi connectivity index (χ4n) is 10.7. The van der Waals surface area contributed by atoms with Crippen molar-refractivity contribution in [1.29, 1.82) is 0 Å². The predicted molar refractivity (Wildman–Crippen MR) is 303 cm³/mol. The van der Waals surface area contributed by atoms with Gasteiger partial charge < -0.3 is 9.47 Å². The Balaban J connectivity index is 0.000000259. The number of unbranched alkanes of at least 4 members (excludes halogenated alkanes) is 6. The van der Waals surface area contributed by atoms with Crippen molar-refractivity contribution >= 4 is 68.7 Å². The fraction of sp³-hybridized carbons (Fsp3) is 0.200. The zero-order valence-corrected chi connectivity index (χ0v) is 48.4. The van der Waals surface area contributed by atoms with Gasteiger partial charge >= 0.3 is 11.9 Å². The highest BCUT2D eigenvalue weighted by Crippen LogP contribution is 2.58. The summed E-state index contributed by atoms with van der Waals surface area (Å²) in [5.74, 6) is -72.6. The molecule has 8 aromatic carbocycles. The van der Waals surface area contributed by atoms with Crippen LogP contribution in [0.15, 0.2) is 127 Å². The molecule has 0 spiro atoms. The monoisotopic (exact) mass is 1310 g/mol. The van der Waals surface area contributed by atoms with Gasteiger partial charge in [0.15, 0.2) is 75.4 Å². The second-order valence-electron chi connectivity index (χ2n) is 20.4. The number of esters is 2. The first kappa shape index (κ1) is 70.0. The molecular formula is C65H48BF20O4P. The largest absolute Gasteiger partial charge is 0.462 e. The van der Waals surface area contributed by atoms with Crippen molar-refractivity contribution in [2.24, 2.45) is 0 Å². The van der Waals surface area contributed by atoms with Crippen LogP contribution in [-0.4, -0.2) is 37.5 Å². The standard InChI is InChI=1S/C41H48O4P.C24BF20/c1-3-5-7-21-31-44-40(42)39(41(43)45-32-22-8-6-4-2)38(34-23-13-9-14-24-34)33-46(35-25-15-10-16-26-35,36-27-17-11-18-28-36)37-29-19-12-20-30-37;26-5-1(6(27)14(35)21(42)13(5)34)25(2-7(28)15(36)22(43)16(37)8(2)29,3-9(30)17(38)23(44)18(39)10(3)31)4-11(32)19(40)24(45)20(41)12(4)33/h9-20,23-30H,3-8,21-22,31-33H2,1-2H3;/q+1;-1. The van der Waals surface area contributed by atoms with Crippen molar-refractivity contribution in [3.63, 3.8) is 0 Å². The number of hydrogen-bond acceptors (Lipinski definition) is 4. The Hall–Kier alpha value is -8.47. The summed E-state index contributed by atoms with van der Waals surface area (Å²) in [6.07, 6.45) is 1.02. The van der Waals surface area contributed by atoms with Gasteiger partial charge in [0, 0.05) is 5.57 Å². The van der Waals surface area contributed by atoms with E-state index in [9.17, 15) is 62.3 Å². The first-order chi connectivity index (χ1) is 43.3. The molecule has 0 saturated heterocycles. The molecule has 480 valence electrons. The van der Waals surface area contributed by atoms with E-state index in [1.165, 1.54) is 15.9 Å². The van der Waals surface area contributed by atoms with Gasteiger partial charge in [-0.05, 0) is 54.8 Å². The number of carbonyl (C=O) groups is 2. The molecule has 8 aromatic rings. The highest BCUT2D eigenvalue weighted by atomic mass is 31.2. The number of allylic oxidation sites excluding steroid dienone is 1. The normalized spacial score (nSPS) is 11.5. The average molecular weight is 1310 g/mol. The summed E-state index contributed by atoms with van der Waals surface area (Å²) in [5.41, 5.74) is -12.9. The summed E-state index contributed by atoms with van der Waals surface area (Å²) in [5, 5.41) is 3.50. The summed E-state index contributed by atoms with van der Waals surface area (Å²) in [6.45, 7) is 4.84. The van der Waals surface area contributed by atoms with Gasteiger partial charge in [-0.15, -0.1) is 21.9 Å². The third-order valence-electron chi connectivity index (χ3n) is 15.0. The Kier molecular flexibility index (Phi) is 23.2. The first-order valence-corrected chi connectivity index (χ1v) is 29.7. The Morgan fingerprint density at radius 3 is 0.791 bits per heavy atom. The number of hydrogen-bond donors (Lipinski definition) is 0. The van der Waals surface area contributed by atoms with Crippen LogP contribution < -0.4 is 37.8 Å². The molecule has 0 amide bonds. The lowest BCUT2D eigenvalue weighted by atomic mass is 9.12. The van der Waals surface area contributed by atoms with Crippen LogP contribution in [0.3, 0.4) is 0 Å². The van der Waals surface area contributed by atoms with Crippen molar-refractivity contribution in [3.8, 4) is 0 Å². The smallest absolute Gasteiger partial charge is 0.346 e. The second kappa shape index (κ2) is 30.1. The van der Waals surface area contributed by atoms with E-state index in [1.807, 2.05) is 48.5 Å². The fourth-order valence-corrected chi connectivity index (χ4v) is 15.0. The number of rotatable bonds is 22. The molecule has 26 heteroatoms. The molecule has 0 aromatic heterocycles. The van der Waals surface area contributed by atoms with Gasteiger partial charge in [0.05, 0.1) is 13.2 Å². The Bertz CT molecular complexity index is 3490. The maximum absolute atomic E-state index is 15.4. The Labute approximate surface area is 507 Å². The van der Waals surface area contributed by atoms with E-state index in [0.29, 0.717) is 11.7 Å². The van der Waals surface area contributed by atoms with Gasteiger partial charge in [-0.25, -0.2) is 97.4 Å². The molecule has 0 fully saturated rings. The van der Waals surface area contributed by atoms with Crippen LogP contribution in [0, 0.1) is 116 Å². The van der Waals surface area contributed by atoms with Crippen LogP contribution in [0.5, 0.6) is 0 Å². The van der Waals surface area contributed by atoms with Crippen molar-refractivity contribution in [3.05, 3.63) is 249 Å². The molecule has 4 nitrogen and oxygen atoms in total. The van der Waals surface area contributed by atoms with Crippen LogP contribution in [-0.2, 0) is 19.1 Å². The highest BCUT2D eigenvalue weighted by molar-refractivity contribution is 7.96. The van der Waals surface area contributed by atoms with Crippen LogP contribution in [0.1, 0.15) is 70.8 Å². The molecule has 0 unspecified atom stereocenters. The van der Waals surface area contributed by atoms with E-state index in [1.54, 1.807) is 0 Å². The molecule has 8 rings (SSSR count). The van der Waals surface area contributed by atoms with Crippen LogP contribution in [0.2, 0.25) is 0 Å². The van der Waals surface area contributed by atoms with Gasteiger partial charge in [0.25, 0.3) is 0 Å². The Morgan fingerprint density at radius 1 is 0.319 bits per heavy atom. The number of ether oxygens (including phenoxy) is 2. The third kappa shape index (κ3) is 13.4. The summed E-state index contributed by atoms with van der Waals surface area (Å²) in [4.78, 5) is 28.2. The van der Waals surface area contributed by atoms with E-state index in [2.05, 4.69) is 86.6 Å². The summed E-state index contributed by atoms with van der Waals surface area (Å²) in [6, 6.07) is 41.3. The van der Waals surface area contributed by atoms with Crippen LogP contribution in [0.4, 0.5) is 87.8 Å². The van der Waals surface area contributed by atoms with E-state index < -0.39 is 164 Å². The molecule has 0 radical (unpaired) electrons. The molecular weight excluding hydrogens is 1270 g/mol. The van der Waals surface area contributed by atoms with Crippen molar-refractivity contribution in [2.75, 3.05) is 19.4 Å². The summed E-state index contributed by atoms with van der Waals surface area (Å²) < 4.78 is 306. The third-order valence-corrected chi connectivity index (χ3v) is 19.3. The summed E-state index contributed by atoms with van der Waals surface area (Å²) >= 11 is 0. The second-order valence-corrected chi connectivity index (χ2v) is 23.9. The van der Waals surface area contributed by atoms with E-state index in [-0.39, 0.29) is 18.8 Å². The van der Waals surface area contributed by atoms with Crippen LogP contribution in [0.25, 0.3) is 5.57 Å². The van der Waals surface area contributed by atoms with Crippen LogP contribution >= 0.6 is 7.26 Å². The van der Waals surface area contributed by atoms with E-state index in [4.69, 9.17) is 9.47 Å². The topological polar surface area (TPSA) is 52.6 Å². The van der Waals surface area contributed by atoms with Crippen molar-refractivity contribution in [2.45, 2.75) is 65.2 Å². The number of halogens is 20. The SMILES string of the molecule is CCCCCCOC(=O)C(C(=O)OCCCCCC)=C(C[P+](c1ccccc1)(c1ccccc1)c1ccccc1)c1ccccc1.Fc1c(F)c(F)c([B-](c2c(F)c(F)c(F)c(F)c2F)(c2c(F)c(F)c(F)c(F)c2F)c2c(F)c(F)c(F)c(F)c2F)c(F)c1F. The molecule has 0 heterocycles. The molecule has 91 heavy (non-hydrogen) atoms. The predicted octanol–water partition coefficient (Wildman–Crippen LogP) is 14.5.